The van der Waals surface area contributed by atoms with Gasteiger partial charge in [0.2, 0.25) is 0 Å². The van der Waals surface area contributed by atoms with E-state index in [2.05, 4.69) is 31.9 Å². The molecule has 0 radical (unpaired) electrons. The molecule has 0 aromatic heterocycles. The largest absolute Gasteiger partial charge is 0.481 e. The van der Waals surface area contributed by atoms with Gasteiger partial charge in [-0.1, -0.05) is 86.5 Å². The molecular formula is C17H14Br2O3. The fraction of sp³-hybridized carbons (Fsp3) is 0.176. The summed E-state index contributed by atoms with van der Waals surface area (Å²) in [4.78, 5) is 23.5. The molecule has 0 aliphatic carbocycles. The summed E-state index contributed by atoms with van der Waals surface area (Å²) >= 11 is 6.49. The lowest BCUT2D eigenvalue weighted by Crippen LogP contribution is -2.36. The zero-order valence-electron chi connectivity index (χ0n) is 11.6. The summed E-state index contributed by atoms with van der Waals surface area (Å²) < 4.78 is -1.13. The number of halogens is 2. The van der Waals surface area contributed by atoms with Gasteiger partial charge in [-0.2, -0.15) is 0 Å². The number of hydrogen-bond acceptors (Lipinski definition) is 2. The molecule has 22 heavy (non-hydrogen) atoms. The average Bonchev–Trinajstić information content (AvgIpc) is 2.54. The van der Waals surface area contributed by atoms with E-state index in [-0.39, 0.29) is 17.5 Å². The molecule has 114 valence electrons. The highest BCUT2D eigenvalue weighted by Crippen LogP contribution is 2.30. The van der Waals surface area contributed by atoms with Gasteiger partial charge in [0.15, 0.2) is 5.78 Å². The predicted octanol–water partition coefficient (Wildman–Crippen LogP) is 4.54. The molecule has 0 saturated heterocycles. The van der Waals surface area contributed by atoms with Crippen molar-refractivity contribution in [3.63, 3.8) is 0 Å². The summed E-state index contributed by atoms with van der Waals surface area (Å²) in [5.74, 6) is -1.27. The van der Waals surface area contributed by atoms with Crippen molar-refractivity contribution in [3.05, 3.63) is 60.2 Å². The van der Waals surface area contributed by atoms with Crippen molar-refractivity contribution in [2.24, 2.45) is 0 Å². The Balaban J connectivity index is 2.26. The van der Waals surface area contributed by atoms with Crippen molar-refractivity contribution >= 4 is 43.6 Å². The lowest BCUT2D eigenvalue weighted by atomic mass is 9.94. The van der Waals surface area contributed by atoms with Crippen LogP contribution in [0.4, 0.5) is 0 Å². The highest BCUT2D eigenvalue weighted by atomic mass is 79.9. The van der Waals surface area contributed by atoms with Crippen LogP contribution in [0.25, 0.3) is 11.1 Å². The molecular weight excluding hydrogens is 412 g/mol. The first kappa shape index (κ1) is 16.9. The highest BCUT2D eigenvalue weighted by molar-refractivity contribution is 9.12. The van der Waals surface area contributed by atoms with Crippen molar-refractivity contribution in [1.82, 2.24) is 0 Å². The van der Waals surface area contributed by atoms with Gasteiger partial charge >= 0.3 is 5.97 Å². The smallest absolute Gasteiger partial charge is 0.305 e. The van der Waals surface area contributed by atoms with Crippen molar-refractivity contribution in [2.45, 2.75) is 10.7 Å². The molecule has 0 amide bonds. The normalized spacial score (nSPS) is 13.4. The molecule has 0 saturated carbocycles. The summed E-state index contributed by atoms with van der Waals surface area (Å²) in [7, 11) is 0. The molecule has 3 nitrogen and oxygen atoms in total. The molecule has 2 aromatic rings. The number of alkyl halides is 2. The average molecular weight is 426 g/mol. The number of hydrogen-bond donors (Lipinski definition) is 1. The van der Waals surface area contributed by atoms with Crippen molar-refractivity contribution in [1.29, 1.82) is 0 Å². The van der Waals surface area contributed by atoms with Crippen LogP contribution >= 0.6 is 31.9 Å². The van der Waals surface area contributed by atoms with Gasteiger partial charge in [0.1, 0.15) is 4.32 Å². The molecule has 1 atom stereocenters. The van der Waals surface area contributed by atoms with Gasteiger partial charge in [-0.15, -0.1) is 0 Å². The first-order valence-electron chi connectivity index (χ1n) is 6.63. The molecule has 0 aliphatic heterocycles. The quantitative estimate of drug-likeness (QED) is 0.546. The minimum Gasteiger partial charge on any atom is -0.481 e. The third-order valence-electron chi connectivity index (χ3n) is 3.30. The number of carboxylic acid groups (broad SMARTS) is 1. The SMILES string of the molecule is O=C(O)CC(Br)(CBr)C(=O)c1ccc(-c2ccccc2)cc1. The fourth-order valence-electron chi connectivity index (χ4n) is 2.13. The van der Waals surface area contributed by atoms with Crippen molar-refractivity contribution < 1.29 is 14.7 Å². The fourth-order valence-corrected chi connectivity index (χ4v) is 3.05. The van der Waals surface area contributed by atoms with E-state index in [0.717, 1.165) is 11.1 Å². The van der Waals surface area contributed by atoms with E-state index in [1.807, 2.05) is 42.5 Å². The summed E-state index contributed by atoms with van der Waals surface area (Å²) in [6, 6.07) is 17.0. The van der Waals surface area contributed by atoms with Gasteiger partial charge in [0, 0.05) is 10.9 Å². The van der Waals surface area contributed by atoms with E-state index in [4.69, 9.17) is 5.11 Å². The molecule has 0 heterocycles. The lowest BCUT2D eigenvalue weighted by molar-refractivity contribution is -0.137. The lowest BCUT2D eigenvalue weighted by Gasteiger charge is -2.21. The van der Waals surface area contributed by atoms with Crippen LogP contribution in [0, 0.1) is 0 Å². The number of carbonyl (C=O) groups excluding carboxylic acids is 1. The summed E-state index contributed by atoms with van der Waals surface area (Å²) in [6.45, 7) is 0. The first-order chi connectivity index (χ1) is 10.5. The third-order valence-corrected chi connectivity index (χ3v) is 5.93. The number of rotatable bonds is 6. The zero-order valence-corrected chi connectivity index (χ0v) is 14.8. The molecule has 0 spiro atoms. The second-order valence-corrected chi connectivity index (χ2v) is 7.02. The van der Waals surface area contributed by atoms with Gasteiger partial charge in [0.25, 0.3) is 0 Å². The molecule has 0 fully saturated rings. The van der Waals surface area contributed by atoms with Crippen molar-refractivity contribution in [3.8, 4) is 11.1 Å². The molecule has 2 aromatic carbocycles. The minimum absolute atomic E-state index is 0.228. The second kappa shape index (κ2) is 7.20. The number of benzene rings is 2. The Kier molecular flexibility index (Phi) is 5.53. The van der Waals surface area contributed by atoms with Crippen LogP contribution in [0.2, 0.25) is 0 Å². The Morgan fingerprint density at radius 1 is 0.955 bits per heavy atom. The summed E-state index contributed by atoms with van der Waals surface area (Å²) in [6.07, 6.45) is -0.280. The maximum absolute atomic E-state index is 12.5. The zero-order chi connectivity index (χ0) is 16.2. The molecule has 0 bridgehead atoms. The Morgan fingerprint density at radius 3 is 2.00 bits per heavy atom. The second-order valence-electron chi connectivity index (χ2n) is 4.94. The van der Waals surface area contributed by atoms with Crippen molar-refractivity contribution in [2.75, 3.05) is 5.33 Å². The van der Waals surface area contributed by atoms with Crippen LogP contribution in [0.5, 0.6) is 0 Å². The summed E-state index contributed by atoms with van der Waals surface area (Å²) in [5.41, 5.74) is 2.56. The van der Waals surface area contributed by atoms with E-state index in [1.165, 1.54) is 0 Å². The molecule has 0 aliphatic rings. The standard InChI is InChI=1S/C17H14Br2O3/c18-11-17(19,10-15(20)21)16(22)14-8-6-13(7-9-14)12-4-2-1-3-5-12/h1-9H,10-11H2,(H,20,21). The van der Waals surface area contributed by atoms with Gasteiger partial charge in [-0.05, 0) is 11.1 Å². The monoisotopic (exact) mass is 424 g/mol. The molecule has 1 N–H and O–H groups in total. The maximum atomic E-state index is 12.5. The van der Waals surface area contributed by atoms with E-state index in [0.29, 0.717) is 5.56 Å². The maximum Gasteiger partial charge on any atom is 0.305 e. The Morgan fingerprint density at radius 2 is 1.50 bits per heavy atom. The van der Waals surface area contributed by atoms with Gasteiger partial charge < -0.3 is 5.11 Å². The number of carbonyl (C=O) groups is 2. The Hall–Kier alpha value is -1.46. The number of carboxylic acids is 1. The summed E-state index contributed by atoms with van der Waals surface area (Å²) in [5, 5.41) is 9.19. The van der Waals surface area contributed by atoms with E-state index in [1.54, 1.807) is 12.1 Å². The van der Waals surface area contributed by atoms with Crippen LogP contribution in [0.3, 0.4) is 0 Å². The van der Waals surface area contributed by atoms with Crippen LogP contribution in [-0.4, -0.2) is 26.5 Å². The van der Waals surface area contributed by atoms with E-state index in [9.17, 15) is 9.59 Å². The molecule has 2 rings (SSSR count). The van der Waals surface area contributed by atoms with Gasteiger partial charge in [-0.25, -0.2) is 0 Å². The number of aliphatic carboxylic acids is 1. The van der Waals surface area contributed by atoms with E-state index >= 15 is 0 Å². The van der Waals surface area contributed by atoms with Crippen LogP contribution in [-0.2, 0) is 4.79 Å². The van der Waals surface area contributed by atoms with Crippen LogP contribution in [0.1, 0.15) is 16.8 Å². The first-order valence-corrected chi connectivity index (χ1v) is 8.55. The number of ketones is 1. The Bertz CT molecular complexity index is 668. The van der Waals surface area contributed by atoms with E-state index < -0.39 is 10.3 Å². The Labute approximate surface area is 145 Å². The van der Waals surface area contributed by atoms with Gasteiger partial charge in [-0.3, -0.25) is 9.59 Å². The number of Topliss-reactive ketones (excluding diaryl/α,β-unsaturated/α-hetero) is 1. The topological polar surface area (TPSA) is 54.4 Å². The molecule has 5 heteroatoms. The third kappa shape index (κ3) is 3.84. The predicted molar refractivity (Wildman–Crippen MR) is 93.9 cm³/mol. The van der Waals surface area contributed by atoms with Crippen LogP contribution in [0.15, 0.2) is 54.6 Å². The molecule has 1 unspecified atom stereocenters. The van der Waals surface area contributed by atoms with Gasteiger partial charge in [0.05, 0.1) is 6.42 Å². The highest BCUT2D eigenvalue weighted by Gasteiger charge is 2.37. The minimum atomic E-state index is -1.13. The van der Waals surface area contributed by atoms with Crippen LogP contribution < -0.4 is 0 Å².